The third-order valence-electron chi connectivity index (χ3n) is 6.51. The maximum Gasteiger partial charge on any atom is 0.251 e. The minimum Gasteiger partial charge on any atom is -0.492 e. The first-order chi connectivity index (χ1) is 17.6. The molecule has 0 spiro atoms. The molecule has 11 nitrogen and oxygen atoms in total. The van der Waals surface area contributed by atoms with Crippen LogP contribution in [0.2, 0.25) is 0 Å². The summed E-state index contributed by atoms with van der Waals surface area (Å²) in [5, 5.41) is 15.5. The Balaban J connectivity index is 1.32. The van der Waals surface area contributed by atoms with E-state index in [1.165, 1.54) is 0 Å². The minimum atomic E-state index is -0.274. The highest BCUT2D eigenvalue weighted by Crippen LogP contribution is 2.50. The van der Waals surface area contributed by atoms with E-state index in [1.807, 2.05) is 31.3 Å². The molecule has 2 aromatic heterocycles. The van der Waals surface area contributed by atoms with Crippen LogP contribution in [0.15, 0.2) is 53.1 Å². The van der Waals surface area contributed by atoms with Crippen LogP contribution in [0.5, 0.6) is 17.2 Å². The second-order valence-corrected chi connectivity index (χ2v) is 8.61. The van der Waals surface area contributed by atoms with E-state index < -0.39 is 0 Å². The van der Waals surface area contributed by atoms with Crippen LogP contribution >= 0.6 is 0 Å². The molecule has 1 N–H and O–H groups in total. The number of tetrazole rings is 1. The van der Waals surface area contributed by atoms with Crippen LogP contribution in [-0.4, -0.2) is 58.5 Å². The van der Waals surface area contributed by atoms with Gasteiger partial charge in [0.25, 0.3) is 5.91 Å². The van der Waals surface area contributed by atoms with E-state index in [0.29, 0.717) is 40.9 Å². The number of ether oxygens (including phenoxy) is 3. The van der Waals surface area contributed by atoms with Gasteiger partial charge in [0.1, 0.15) is 11.8 Å². The Morgan fingerprint density at radius 2 is 2.08 bits per heavy atom. The lowest BCUT2D eigenvalue weighted by Gasteiger charge is -2.34. The van der Waals surface area contributed by atoms with E-state index in [2.05, 4.69) is 25.7 Å². The molecule has 1 amide bonds. The van der Waals surface area contributed by atoms with Crippen LogP contribution in [0.25, 0.3) is 5.69 Å². The van der Waals surface area contributed by atoms with Crippen LogP contribution in [-0.2, 0) is 13.0 Å². The number of likely N-dealkylation sites (N-methyl/N-ethyl adjacent to an activating group) is 1. The molecule has 184 valence electrons. The van der Waals surface area contributed by atoms with E-state index >= 15 is 0 Å². The number of fused-ring (bicyclic) bond motifs is 2. The van der Waals surface area contributed by atoms with Crippen LogP contribution in [0, 0.1) is 0 Å². The molecule has 0 aliphatic carbocycles. The lowest BCUT2D eigenvalue weighted by Crippen LogP contribution is -2.35. The summed E-state index contributed by atoms with van der Waals surface area (Å²) in [6, 6.07) is 12.5. The third kappa shape index (κ3) is 3.73. The molecule has 36 heavy (non-hydrogen) atoms. The molecule has 0 bridgehead atoms. The number of methoxy groups -OCH3 is 1. The van der Waals surface area contributed by atoms with Gasteiger partial charge in [0.05, 0.1) is 25.6 Å². The average molecular weight is 489 g/mol. The molecule has 0 saturated carbocycles. The quantitative estimate of drug-likeness (QED) is 0.437. The van der Waals surface area contributed by atoms with Crippen LogP contribution < -0.4 is 19.5 Å². The molecule has 0 radical (unpaired) electrons. The molecule has 2 aromatic carbocycles. The third-order valence-corrected chi connectivity index (χ3v) is 6.51. The molecule has 0 unspecified atom stereocenters. The largest absolute Gasteiger partial charge is 0.492 e. The van der Waals surface area contributed by atoms with Gasteiger partial charge in [0.15, 0.2) is 17.3 Å². The van der Waals surface area contributed by atoms with Crippen molar-refractivity contribution in [3.05, 3.63) is 77.0 Å². The summed E-state index contributed by atoms with van der Waals surface area (Å²) >= 11 is 0. The van der Waals surface area contributed by atoms with Crippen molar-refractivity contribution in [1.29, 1.82) is 0 Å². The first kappa shape index (κ1) is 22.1. The molecule has 0 saturated heterocycles. The van der Waals surface area contributed by atoms with E-state index in [4.69, 9.17) is 18.6 Å². The number of nitrogens with zero attached hydrogens (tertiary/aromatic N) is 5. The molecular formula is C25H24N6O5. The standard InChI is InChI=1S/C25H24N6O5/c1-30-10-9-16-12-19-22(36-14-35-19)23(33-2)20(16)21(30)24-27-28-29-31(24)17-7-5-15(6-8-17)25(32)26-13-18-4-3-11-34-18/h3-8,11-12,21H,9-10,13-14H2,1-2H3,(H,26,32)/t21-/m1/s1. The Labute approximate surface area is 206 Å². The van der Waals surface area contributed by atoms with Crippen molar-refractivity contribution < 1.29 is 23.4 Å². The van der Waals surface area contributed by atoms with Crippen LogP contribution in [0.4, 0.5) is 0 Å². The Bertz CT molecular complexity index is 1400. The lowest BCUT2D eigenvalue weighted by molar-refractivity contribution is 0.0948. The van der Waals surface area contributed by atoms with Gasteiger partial charge in [-0.2, -0.15) is 4.68 Å². The van der Waals surface area contributed by atoms with Gasteiger partial charge < -0.3 is 23.9 Å². The zero-order chi connectivity index (χ0) is 24.6. The highest BCUT2D eigenvalue weighted by Gasteiger charge is 2.37. The van der Waals surface area contributed by atoms with Crippen LogP contribution in [0.3, 0.4) is 0 Å². The number of aromatic nitrogens is 4. The molecule has 2 aliphatic rings. The topological polar surface area (TPSA) is 117 Å². The Kier molecular flexibility index (Phi) is 5.53. The van der Waals surface area contributed by atoms with Gasteiger partial charge >= 0.3 is 0 Å². The molecule has 4 aromatic rings. The summed E-state index contributed by atoms with van der Waals surface area (Å²) in [4.78, 5) is 14.7. The van der Waals surface area contributed by atoms with E-state index in [9.17, 15) is 4.79 Å². The van der Waals surface area contributed by atoms with Crippen molar-refractivity contribution in [2.45, 2.75) is 19.0 Å². The number of hydrogen-bond acceptors (Lipinski definition) is 9. The summed E-state index contributed by atoms with van der Waals surface area (Å²) in [5.41, 5.74) is 3.32. The lowest BCUT2D eigenvalue weighted by atomic mass is 9.90. The zero-order valence-corrected chi connectivity index (χ0v) is 19.8. The molecular weight excluding hydrogens is 464 g/mol. The zero-order valence-electron chi connectivity index (χ0n) is 19.8. The first-order valence-electron chi connectivity index (χ1n) is 11.5. The van der Waals surface area contributed by atoms with Gasteiger partial charge in [-0.05, 0) is 71.9 Å². The fraction of sp³-hybridized carbons (Fsp3) is 0.280. The number of nitrogens with one attached hydrogen (secondary N) is 1. The van der Waals surface area contributed by atoms with Crippen molar-refractivity contribution in [3.8, 4) is 22.9 Å². The summed E-state index contributed by atoms with van der Waals surface area (Å²) < 4.78 is 24.1. The van der Waals surface area contributed by atoms with Gasteiger partial charge in [-0.15, -0.1) is 5.10 Å². The van der Waals surface area contributed by atoms with Crippen molar-refractivity contribution in [2.24, 2.45) is 0 Å². The number of carbonyl (C=O) groups is 1. The van der Waals surface area contributed by atoms with Gasteiger partial charge in [-0.25, -0.2) is 0 Å². The summed E-state index contributed by atoms with van der Waals surface area (Å²) in [7, 11) is 3.66. The first-order valence-corrected chi connectivity index (χ1v) is 11.5. The summed E-state index contributed by atoms with van der Waals surface area (Å²) in [6.07, 6.45) is 2.41. The predicted octanol–water partition coefficient (Wildman–Crippen LogP) is 2.50. The number of rotatable bonds is 6. The van der Waals surface area contributed by atoms with Gasteiger partial charge in [-0.3, -0.25) is 9.69 Å². The number of hydrogen-bond donors (Lipinski definition) is 1. The molecule has 6 rings (SSSR count). The maximum absolute atomic E-state index is 12.6. The van der Waals surface area contributed by atoms with E-state index in [-0.39, 0.29) is 18.7 Å². The molecule has 4 heterocycles. The maximum atomic E-state index is 12.6. The number of benzene rings is 2. The van der Waals surface area contributed by atoms with Crippen molar-refractivity contribution in [3.63, 3.8) is 0 Å². The number of amides is 1. The van der Waals surface area contributed by atoms with Gasteiger partial charge in [0, 0.05) is 17.7 Å². The SMILES string of the molecule is COc1c2c(cc3c1[C@H](c1nnnn1-c1ccc(C(=O)NCc4ccco4)cc1)N(C)CC3)OCO2. The highest BCUT2D eigenvalue weighted by atomic mass is 16.7. The van der Waals surface area contributed by atoms with Crippen molar-refractivity contribution >= 4 is 5.91 Å². The van der Waals surface area contributed by atoms with E-state index in [0.717, 1.165) is 29.8 Å². The smallest absolute Gasteiger partial charge is 0.251 e. The van der Waals surface area contributed by atoms with Crippen LogP contribution in [0.1, 0.15) is 39.1 Å². The molecule has 11 heteroatoms. The average Bonchev–Trinajstić information content (AvgIpc) is 3.68. The monoisotopic (exact) mass is 488 g/mol. The Morgan fingerprint density at radius 3 is 2.86 bits per heavy atom. The predicted molar refractivity (Wildman–Crippen MR) is 126 cm³/mol. The number of furan rings is 1. The normalized spacial score (nSPS) is 16.6. The minimum absolute atomic E-state index is 0.161. The van der Waals surface area contributed by atoms with Crippen molar-refractivity contribution in [2.75, 3.05) is 27.5 Å². The highest BCUT2D eigenvalue weighted by molar-refractivity contribution is 5.94. The second-order valence-electron chi connectivity index (χ2n) is 8.61. The molecule has 0 fully saturated rings. The fourth-order valence-electron chi connectivity index (χ4n) is 4.74. The Morgan fingerprint density at radius 1 is 1.22 bits per heavy atom. The number of carbonyl (C=O) groups excluding carboxylic acids is 1. The van der Waals surface area contributed by atoms with Gasteiger partial charge in [0.2, 0.25) is 12.5 Å². The summed E-state index contributed by atoms with van der Waals surface area (Å²) in [6.45, 7) is 1.29. The molecule has 1 atom stereocenters. The van der Waals surface area contributed by atoms with Crippen molar-refractivity contribution in [1.82, 2.24) is 30.4 Å². The Hall–Kier alpha value is -4.38. The van der Waals surface area contributed by atoms with Gasteiger partial charge in [-0.1, -0.05) is 0 Å². The second kappa shape index (κ2) is 9.00. The van der Waals surface area contributed by atoms with E-state index in [1.54, 1.807) is 36.3 Å². The summed E-state index contributed by atoms with van der Waals surface area (Å²) in [5.74, 6) is 3.04. The molecule has 2 aliphatic heterocycles. The fourth-order valence-corrected chi connectivity index (χ4v) is 4.74.